The van der Waals surface area contributed by atoms with Gasteiger partial charge in [-0.25, -0.2) is 4.39 Å². The van der Waals surface area contributed by atoms with Crippen LogP contribution in [0.1, 0.15) is 27.2 Å². The minimum absolute atomic E-state index is 0.264. The lowest BCUT2D eigenvalue weighted by molar-refractivity contribution is 0.102. The molecule has 0 saturated heterocycles. The van der Waals surface area contributed by atoms with Crippen molar-refractivity contribution in [1.82, 2.24) is 9.78 Å². The van der Waals surface area contributed by atoms with E-state index in [2.05, 4.69) is 10.4 Å². The smallest absolute Gasteiger partial charge is 0.276 e. The molecule has 0 saturated carbocycles. The quantitative estimate of drug-likeness (QED) is 0.699. The number of anilines is 1. The van der Waals surface area contributed by atoms with Crippen LogP contribution in [0.15, 0.2) is 36.4 Å². The second kappa shape index (κ2) is 6.92. The fourth-order valence-corrected chi connectivity index (χ4v) is 3.27. The zero-order valence-electron chi connectivity index (χ0n) is 15.0. The number of hydrogen-bond acceptors (Lipinski definition) is 2. The fraction of sp³-hybridized carbons (Fsp3) is 0.200. The van der Waals surface area contributed by atoms with Crippen molar-refractivity contribution in [2.24, 2.45) is 7.05 Å². The maximum Gasteiger partial charge on any atom is 0.276 e. The summed E-state index contributed by atoms with van der Waals surface area (Å²) in [6.45, 7) is 5.53. The number of carbonyl (C=O) groups is 1. The van der Waals surface area contributed by atoms with Gasteiger partial charge in [0.1, 0.15) is 5.82 Å². The summed E-state index contributed by atoms with van der Waals surface area (Å²) in [4.78, 5) is 12.6. The topological polar surface area (TPSA) is 46.9 Å². The Balaban J connectivity index is 1.91. The van der Waals surface area contributed by atoms with E-state index in [4.69, 9.17) is 11.6 Å². The van der Waals surface area contributed by atoms with Gasteiger partial charge in [-0.15, -0.1) is 0 Å². The molecule has 134 valence electrons. The molecule has 1 heterocycles. The highest BCUT2D eigenvalue weighted by Crippen LogP contribution is 2.28. The lowest BCUT2D eigenvalue weighted by atomic mass is 10.1. The Morgan fingerprint density at radius 3 is 2.50 bits per heavy atom. The van der Waals surface area contributed by atoms with E-state index in [1.165, 1.54) is 6.07 Å². The van der Waals surface area contributed by atoms with Crippen molar-refractivity contribution in [1.29, 1.82) is 0 Å². The molecule has 1 N–H and O–H groups in total. The highest BCUT2D eigenvalue weighted by Gasteiger charge is 2.17. The number of rotatable bonds is 3. The monoisotopic (exact) mass is 371 g/mol. The molecule has 0 aliphatic rings. The van der Waals surface area contributed by atoms with Crippen LogP contribution >= 0.6 is 11.6 Å². The number of amides is 1. The minimum Gasteiger partial charge on any atom is -0.319 e. The van der Waals surface area contributed by atoms with Crippen molar-refractivity contribution in [3.63, 3.8) is 0 Å². The first-order valence-corrected chi connectivity index (χ1v) is 8.52. The van der Waals surface area contributed by atoms with Crippen molar-refractivity contribution >= 4 is 23.2 Å². The molecule has 0 aliphatic carbocycles. The van der Waals surface area contributed by atoms with Gasteiger partial charge >= 0.3 is 0 Å². The molecule has 0 atom stereocenters. The first kappa shape index (κ1) is 18.1. The molecule has 0 bridgehead atoms. The standard InChI is InChI=1S/C20H19ClFN3O/c1-11-7-13(3)19(15(21)8-11)23-20(26)17-10-18(25(4)24-17)14-5-6-16(22)12(2)9-14/h5-10H,1-4H3,(H,23,26). The molecule has 26 heavy (non-hydrogen) atoms. The molecule has 0 aliphatic heterocycles. The van der Waals surface area contributed by atoms with Gasteiger partial charge in [0, 0.05) is 12.6 Å². The summed E-state index contributed by atoms with van der Waals surface area (Å²) in [7, 11) is 1.74. The maximum atomic E-state index is 13.5. The first-order chi connectivity index (χ1) is 12.3. The van der Waals surface area contributed by atoms with Crippen LogP contribution in [-0.4, -0.2) is 15.7 Å². The Morgan fingerprint density at radius 2 is 1.85 bits per heavy atom. The van der Waals surface area contributed by atoms with Gasteiger partial charge in [-0.05, 0) is 67.8 Å². The van der Waals surface area contributed by atoms with Crippen LogP contribution in [-0.2, 0) is 7.05 Å². The average molecular weight is 372 g/mol. The van der Waals surface area contributed by atoms with E-state index in [1.54, 1.807) is 42.9 Å². The average Bonchev–Trinajstić information content (AvgIpc) is 2.95. The number of hydrogen-bond donors (Lipinski definition) is 1. The van der Waals surface area contributed by atoms with Crippen LogP contribution in [0.4, 0.5) is 10.1 Å². The highest BCUT2D eigenvalue weighted by molar-refractivity contribution is 6.34. The largest absolute Gasteiger partial charge is 0.319 e. The Kier molecular flexibility index (Phi) is 4.83. The van der Waals surface area contributed by atoms with Crippen molar-refractivity contribution in [2.75, 3.05) is 5.32 Å². The number of halogens is 2. The lowest BCUT2D eigenvalue weighted by Gasteiger charge is -2.10. The summed E-state index contributed by atoms with van der Waals surface area (Å²) in [6, 6.07) is 10.2. The van der Waals surface area contributed by atoms with Crippen LogP contribution in [0.5, 0.6) is 0 Å². The lowest BCUT2D eigenvalue weighted by Crippen LogP contribution is -2.14. The Labute approximate surface area is 156 Å². The molecule has 3 aromatic rings. The third kappa shape index (κ3) is 3.48. The summed E-state index contributed by atoms with van der Waals surface area (Å²) < 4.78 is 15.1. The molecule has 0 unspecified atom stereocenters. The Bertz CT molecular complexity index is 987. The fourth-order valence-electron chi connectivity index (χ4n) is 2.90. The van der Waals surface area contributed by atoms with Gasteiger partial charge in [0.05, 0.1) is 16.4 Å². The van der Waals surface area contributed by atoms with Crippen LogP contribution in [0.3, 0.4) is 0 Å². The molecule has 2 aromatic carbocycles. The van der Waals surface area contributed by atoms with Crippen LogP contribution in [0.2, 0.25) is 5.02 Å². The van der Waals surface area contributed by atoms with Gasteiger partial charge in [0.15, 0.2) is 5.69 Å². The Hall–Kier alpha value is -2.66. The highest BCUT2D eigenvalue weighted by atomic mass is 35.5. The predicted octanol–water partition coefficient (Wildman–Crippen LogP) is 5.06. The van der Waals surface area contributed by atoms with Gasteiger partial charge in [-0.2, -0.15) is 5.10 Å². The van der Waals surface area contributed by atoms with Gasteiger partial charge in [-0.3, -0.25) is 9.48 Å². The van der Waals surface area contributed by atoms with Crippen LogP contribution in [0.25, 0.3) is 11.3 Å². The van der Waals surface area contributed by atoms with Crippen LogP contribution in [0, 0.1) is 26.6 Å². The van der Waals surface area contributed by atoms with E-state index in [9.17, 15) is 9.18 Å². The molecule has 0 radical (unpaired) electrons. The SMILES string of the molecule is Cc1cc(C)c(NC(=O)c2cc(-c3ccc(F)c(C)c3)n(C)n2)c(Cl)c1. The molecule has 1 aromatic heterocycles. The van der Waals surface area contributed by atoms with E-state index in [0.717, 1.165) is 22.4 Å². The van der Waals surface area contributed by atoms with Gasteiger partial charge in [0.2, 0.25) is 0 Å². The summed E-state index contributed by atoms with van der Waals surface area (Å²) in [6.07, 6.45) is 0. The molecule has 4 nitrogen and oxygen atoms in total. The molecule has 3 rings (SSSR count). The normalized spacial score (nSPS) is 10.8. The molecule has 6 heteroatoms. The van der Waals surface area contributed by atoms with E-state index in [1.807, 2.05) is 19.9 Å². The predicted molar refractivity (Wildman–Crippen MR) is 102 cm³/mol. The van der Waals surface area contributed by atoms with Crippen molar-refractivity contribution in [2.45, 2.75) is 20.8 Å². The molecular weight excluding hydrogens is 353 g/mol. The molecule has 1 amide bonds. The van der Waals surface area contributed by atoms with E-state index < -0.39 is 0 Å². The molecule has 0 fully saturated rings. The van der Waals surface area contributed by atoms with E-state index in [0.29, 0.717) is 16.3 Å². The maximum absolute atomic E-state index is 13.5. The van der Waals surface area contributed by atoms with Crippen molar-refractivity contribution in [3.8, 4) is 11.3 Å². The second-order valence-corrected chi connectivity index (χ2v) is 6.80. The van der Waals surface area contributed by atoms with E-state index >= 15 is 0 Å². The van der Waals surface area contributed by atoms with Gasteiger partial charge < -0.3 is 5.32 Å². The zero-order chi connectivity index (χ0) is 19.0. The number of aryl methyl sites for hydroxylation is 4. The summed E-state index contributed by atoms with van der Waals surface area (Å²) >= 11 is 6.26. The van der Waals surface area contributed by atoms with Crippen molar-refractivity contribution in [3.05, 3.63) is 69.6 Å². The third-order valence-corrected chi connectivity index (χ3v) is 4.53. The minimum atomic E-state index is -0.348. The number of nitrogens with zero attached hydrogens (tertiary/aromatic N) is 2. The number of aromatic nitrogens is 2. The van der Waals surface area contributed by atoms with E-state index in [-0.39, 0.29) is 17.4 Å². The van der Waals surface area contributed by atoms with Crippen LogP contribution < -0.4 is 5.32 Å². The molecular formula is C20H19ClFN3O. The van der Waals surface area contributed by atoms with Gasteiger partial charge in [0.25, 0.3) is 5.91 Å². The Morgan fingerprint density at radius 1 is 1.12 bits per heavy atom. The summed E-state index contributed by atoms with van der Waals surface area (Å²) in [5.41, 5.74) is 4.81. The summed E-state index contributed by atoms with van der Waals surface area (Å²) in [5, 5.41) is 7.59. The molecule has 0 spiro atoms. The first-order valence-electron chi connectivity index (χ1n) is 8.15. The number of benzene rings is 2. The third-order valence-electron chi connectivity index (χ3n) is 4.24. The summed E-state index contributed by atoms with van der Waals surface area (Å²) in [5.74, 6) is -0.613. The van der Waals surface area contributed by atoms with Crippen molar-refractivity contribution < 1.29 is 9.18 Å². The number of nitrogens with one attached hydrogen (secondary N) is 1. The second-order valence-electron chi connectivity index (χ2n) is 6.40. The van der Waals surface area contributed by atoms with Gasteiger partial charge in [-0.1, -0.05) is 17.7 Å². The number of carbonyl (C=O) groups excluding carboxylic acids is 1. The zero-order valence-corrected chi connectivity index (χ0v) is 15.8.